The molecule has 1 aromatic heterocycles. The lowest BCUT2D eigenvalue weighted by Gasteiger charge is -2.16. The fourth-order valence-electron chi connectivity index (χ4n) is 1.61. The van der Waals surface area contributed by atoms with Gasteiger partial charge in [-0.1, -0.05) is 11.3 Å². The largest absolute Gasteiger partial charge is 0.445 e. The summed E-state index contributed by atoms with van der Waals surface area (Å²) in [5, 5.41) is 7.34. The molecular formula is C13H13F3N4OS. The molecule has 5 nitrogen and oxygen atoms in total. The van der Waals surface area contributed by atoms with E-state index in [0.717, 1.165) is 12.2 Å². The number of nitrogens with zero attached hydrogens (tertiary/aromatic N) is 3. The number of nitrogens with one attached hydrogen (secondary N) is 1. The van der Waals surface area contributed by atoms with Crippen molar-refractivity contribution in [3.05, 3.63) is 34.8 Å². The van der Waals surface area contributed by atoms with Crippen LogP contribution in [0.2, 0.25) is 0 Å². The molecule has 0 atom stereocenters. The Kier molecular flexibility index (Phi) is 4.65. The van der Waals surface area contributed by atoms with Crippen LogP contribution in [0, 0.1) is 0 Å². The zero-order valence-electron chi connectivity index (χ0n) is 11.8. The molecule has 0 aliphatic carbocycles. The second-order valence-electron chi connectivity index (χ2n) is 4.43. The van der Waals surface area contributed by atoms with Crippen molar-refractivity contribution in [2.24, 2.45) is 0 Å². The molecule has 1 N–H and O–H groups in total. The molecule has 2 rings (SSSR count). The molecule has 118 valence electrons. The van der Waals surface area contributed by atoms with E-state index in [9.17, 15) is 18.0 Å². The maximum Gasteiger partial charge on any atom is 0.445 e. The van der Waals surface area contributed by atoms with Crippen LogP contribution in [0.3, 0.4) is 0 Å². The molecule has 0 aliphatic heterocycles. The van der Waals surface area contributed by atoms with Gasteiger partial charge in [-0.2, -0.15) is 13.2 Å². The number of benzene rings is 1. The summed E-state index contributed by atoms with van der Waals surface area (Å²) in [4.78, 5) is 13.9. The lowest BCUT2D eigenvalue weighted by Crippen LogP contribution is -2.16. The number of rotatable bonds is 4. The van der Waals surface area contributed by atoms with E-state index in [1.807, 2.05) is 18.9 Å². The fraction of sp³-hybridized carbons (Fsp3) is 0.308. The summed E-state index contributed by atoms with van der Waals surface area (Å²) >= 11 is 0.287. The molecule has 0 spiro atoms. The first kappa shape index (κ1) is 16.2. The minimum atomic E-state index is -4.56. The van der Waals surface area contributed by atoms with Crippen molar-refractivity contribution in [3.63, 3.8) is 0 Å². The normalized spacial score (nSPS) is 11.3. The van der Waals surface area contributed by atoms with Crippen LogP contribution >= 0.6 is 11.3 Å². The highest BCUT2D eigenvalue weighted by Crippen LogP contribution is 2.33. The van der Waals surface area contributed by atoms with Gasteiger partial charge in [-0.15, -0.1) is 10.2 Å². The van der Waals surface area contributed by atoms with E-state index in [-0.39, 0.29) is 16.5 Å². The number of carbonyl (C=O) groups excluding carboxylic acids is 1. The lowest BCUT2D eigenvalue weighted by atomic mass is 10.2. The molecule has 0 saturated heterocycles. The lowest BCUT2D eigenvalue weighted by molar-refractivity contribution is -0.138. The molecule has 0 bridgehead atoms. The highest BCUT2D eigenvalue weighted by atomic mass is 32.1. The van der Waals surface area contributed by atoms with Crippen LogP contribution in [0.15, 0.2) is 24.3 Å². The van der Waals surface area contributed by atoms with Gasteiger partial charge < -0.3 is 4.90 Å². The first-order chi connectivity index (χ1) is 10.3. The Hall–Kier alpha value is -2.16. The summed E-state index contributed by atoms with van der Waals surface area (Å²) in [5.74, 6) is -0.532. The van der Waals surface area contributed by atoms with Gasteiger partial charge in [0.25, 0.3) is 5.91 Å². The van der Waals surface area contributed by atoms with E-state index in [4.69, 9.17) is 0 Å². The van der Waals surface area contributed by atoms with E-state index in [0.29, 0.717) is 5.56 Å². The van der Waals surface area contributed by atoms with Gasteiger partial charge in [0.15, 0.2) is 0 Å². The van der Waals surface area contributed by atoms with Crippen LogP contribution in [-0.4, -0.2) is 29.7 Å². The first-order valence-electron chi connectivity index (χ1n) is 6.34. The fourth-order valence-corrected chi connectivity index (χ4v) is 2.21. The molecule has 0 aliphatic rings. The highest BCUT2D eigenvalue weighted by molar-refractivity contribution is 7.15. The van der Waals surface area contributed by atoms with Gasteiger partial charge in [-0.25, -0.2) is 0 Å². The first-order valence-corrected chi connectivity index (χ1v) is 7.16. The standard InChI is InChI=1S/C13H13F3N4OS/c1-3-20(2)9-6-4-8(5-7-9)10(21)17-12-19-18-11(22-12)13(14,15)16/h4-7H,3H2,1-2H3,(H,17,19,21). The number of carbonyl (C=O) groups is 1. The number of hydrogen-bond acceptors (Lipinski definition) is 5. The molecule has 22 heavy (non-hydrogen) atoms. The van der Waals surface area contributed by atoms with Crippen molar-refractivity contribution in [1.82, 2.24) is 10.2 Å². The SMILES string of the molecule is CCN(C)c1ccc(C(=O)Nc2nnc(C(F)(F)F)s2)cc1. The summed E-state index contributed by atoms with van der Waals surface area (Å²) in [5.41, 5.74) is 1.27. The highest BCUT2D eigenvalue weighted by Gasteiger charge is 2.35. The third-order valence-electron chi connectivity index (χ3n) is 2.93. The van der Waals surface area contributed by atoms with E-state index < -0.39 is 17.1 Å². The van der Waals surface area contributed by atoms with Gasteiger partial charge in [0.1, 0.15) is 0 Å². The van der Waals surface area contributed by atoms with Gasteiger partial charge in [-0.05, 0) is 31.2 Å². The molecule has 0 saturated carbocycles. The predicted octanol–water partition coefficient (Wildman–Crippen LogP) is 3.27. The monoisotopic (exact) mass is 330 g/mol. The van der Waals surface area contributed by atoms with Crippen LogP contribution in [0.1, 0.15) is 22.3 Å². The minimum absolute atomic E-state index is 0.188. The average molecular weight is 330 g/mol. The van der Waals surface area contributed by atoms with Gasteiger partial charge in [0, 0.05) is 24.8 Å². The van der Waals surface area contributed by atoms with Crippen molar-refractivity contribution < 1.29 is 18.0 Å². The second kappa shape index (κ2) is 6.30. The van der Waals surface area contributed by atoms with Crippen LogP contribution < -0.4 is 10.2 Å². The Balaban J connectivity index is 2.07. The quantitative estimate of drug-likeness (QED) is 0.935. The third-order valence-corrected chi connectivity index (χ3v) is 3.82. The molecule has 1 amide bonds. The molecule has 0 fully saturated rings. The van der Waals surface area contributed by atoms with E-state index in [1.165, 1.54) is 0 Å². The summed E-state index contributed by atoms with van der Waals surface area (Å²) in [6.45, 7) is 2.81. The Bertz CT molecular complexity index is 654. The number of anilines is 2. The molecule has 1 aromatic carbocycles. The van der Waals surface area contributed by atoms with Crippen molar-refractivity contribution in [2.45, 2.75) is 13.1 Å². The third kappa shape index (κ3) is 3.73. The number of halogens is 3. The van der Waals surface area contributed by atoms with Gasteiger partial charge in [0.05, 0.1) is 0 Å². The number of alkyl halides is 3. The summed E-state index contributed by atoms with van der Waals surface area (Å²) in [6, 6.07) is 6.73. The molecular weight excluding hydrogens is 317 g/mol. The van der Waals surface area contributed by atoms with E-state index >= 15 is 0 Å². The molecule has 1 heterocycles. The zero-order valence-corrected chi connectivity index (χ0v) is 12.6. The minimum Gasteiger partial charge on any atom is -0.375 e. The van der Waals surface area contributed by atoms with Crippen LogP contribution in [0.25, 0.3) is 0 Å². The van der Waals surface area contributed by atoms with Crippen LogP contribution in [0.4, 0.5) is 24.0 Å². The van der Waals surface area contributed by atoms with E-state index in [1.54, 1.807) is 24.3 Å². The smallest absolute Gasteiger partial charge is 0.375 e. The Morgan fingerprint density at radius 3 is 2.41 bits per heavy atom. The Morgan fingerprint density at radius 2 is 1.91 bits per heavy atom. The zero-order chi connectivity index (χ0) is 16.3. The Labute approximate surface area is 128 Å². The molecule has 0 unspecified atom stereocenters. The van der Waals surface area contributed by atoms with Crippen LogP contribution in [0.5, 0.6) is 0 Å². The molecule has 0 radical (unpaired) electrons. The van der Waals surface area contributed by atoms with Gasteiger partial charge in [-0.3, -0.25) is 10.1 Å². The maximum absolute atomic E-state index is 12.4. The van der Waals surface area contributed by atoms with Gasteiger partial charge >= 0.3 is 6.18 Å². The summed E-state index contributed by atoms with van der Waals surface area (Å²) in [7, 11) is 1.91. The number of aromatic nitrogens is 2. The van der Waals surface area contributed by atoms with Crippen LogP contribution in [-0.2, 0) is 6.18 Å². The second-order valence-corrected chi connectivity index (χ2v) is 5.40. The summed E-state index contributed by atoms with van der Waals surface area (Å²) in [6.07, 6.45) is -4.56. The molecule has 9 heteroatoms. The topological polar surface area (TPSA) is 58.1 Å². The maximum atomic E-state index is 12.4. The van der Waals surface area contributed by atoms with Crippen molar-refractivity contribution in [1.29, 1.82) is 0 Å². The van der Waals surface area contributed by atoms with Crippen molar-refractivity contribution >= 4 is 28.1 Å². The predicted molar refractivity (Wildman–Crippen MR) is 78.3 cm³/mol. The van der Waals surface area contributed by atoms with E-state index in [2.05, 4.69) is 15.5 Å². The van der Waals surface area contributed by atoms with Gasteiger partial charge in [0.2, 0.25) is 10.1 Å². The Morgan fingerprint density at radius 1 is 1.27 bits per heavy atom. The van der Waals surface area contributed by atoms with Crippen molar-refractivity contribution in [3.8, 4) is 0 Å². The molecule has 2 aromatic rings. The van der Waals surface area contributed by atoms with Crippen molar-refractivity contribution in [2.75, 3.05) is 23.8 Å². The average Bonchev–Trinajstić information content (AvgIpc) is 2.95. The number of amides is 1. The summed E-state index contributed by atoms with van der Waals surface area (Å²) < 4.78 is 37.2. The number of hydrogen-bond donors (Lipinski definition) is 1.